The number of rotatable bonds is 3. The molecule has 1 atom stereocenters. The lowest BCUT2D eigenvalue weighted by Gasteiger charge is -2.06. The SMILES string of the molecule is C[C@H](Cn1ncc2ncc(Cl)nc21)C(=O)O. The summed E-state index contributed by atoms with van der Waals surface area (Å²) >= 11 is 5.72. The monoisotopic (exact) mass is 240 g/mol. The molecule has 0 aliphatic carbocycles. The van der Waals surface area contributed by atoms with Crippen LogP contribution in [-0.4, -0.2) is 30.8 Å². The van der Waals surface area contributed by atoms with E-state index in [9.17, 15) is 4.79 Å². The van der Waals surface area contributed by atoms with E-state index in [0.29, 0.717) is 11.2 Å². The summed E-state index contributed by atoms with van der Waals surface area (Å²) in [6.45, 7) is 1.85. The van der Waals surface area contributed by atoms with Gasteiger partial charge in [-0.25, -0.2) is 14.6 Å². The normalized spacial score (nSPS) is 12.9. The summed E-state index contributed by atoms with van der Waals surface area (Å²) in [6.07, 6.45) is 2.96. The molecule has 6 nitrogen and oxygen atoms in total. The molecule has 2 aromatic heterocycles. The lowest BCUT2D eigenvalue weighted by molar-refractivity contribution is -0.141. The van der Waals surface area contributed by atoms with Crippen molar-refractivity contribution >= 4 is 28.7 Å². The van der Waals surface area contributed by atoms with Gasteiger partial charge in [-0.2, -0.15) is 5.10 Å². The van der Waals surface area contributed by atoms with Gasteiger partial charge in [-0.15, -0.1) is 0 Å². The Morgan fingerprint density at radius 2 is 2.38 bits per heavy atom. The molecule has 0 saturated carbocycles. The number of aromatic nitrogens is 4. The van der Waals surface area contributed by atoms with Gasteiger partial charge in [0.25, 0.3) is 0 Å². The molecule has 0 radical (unpaired) electrons. The van der Waals surface area contributed by atoms with Crippen LogP contribution in [0.15, 0.2) is 12.4 Å². The molecule has 1 N–H and O–H groups in total. The van der Waals surface area contributed by atoms with Crippen molar-refractivity contribution in [2.24, 2.45) is 5.92 Å². The van der Waals surface area contributed by atoms with Crippen LogP contribution in [0.2, 0.25) is 5.15 Å². The van der Waals surface area contributed by atoms with Gasteiger partial charge in [-0.3, -0.25) is 4.79 Å². The van der Waals surface area contributed by atoms with Crippen molar-refractivity contribution in [1.29, 1.82) is 0 Å². The topological polar surface area (TPSA) is 80.9 Å². The molecule has 0 aromatic carbocycles. The van der Waals surface area contributed by atoms with Crippen molar-refractivity contribution in [2.75, 3.05) is 0 Å². The van der Waals surface area contributed by atoms with Crippen molar-refractivity contribution in [3.63, 3.8) is 0 Å². The highest BCUT2D eigenvalue weighted by Gasteiger charge is 2.14. The van der Waals surface area contributed by atoms with E-state index >= 15 is 0 Å². The van der Waals surface area contributed by atoms with E-state index in [0.717, 1.165) is 0 Å². The number of halogens is 1. The fraction of sp³-hybridized carbons (Fsp3) is 0.333. The predicted molar refractivity (Wildman–Crippen MR) is 57.1 cm³/mol. The summed E-state index contributed by atoms with van der Waals surface area (Å²) in [5.41, 5.74) is 1.10. The standard InChI is InChI=1S/C9H9ClN4O2/c1-5(9(15)16)4-14-8-6(2-12-14)11-3-7(10)13-8/h2-3,5H,4H2,1H3,(H,15,16)/t5-/m1/s1. The van der Waals surface area contributed by atoms with E-state index in [4.69, 9.17) is 16.7 Å². The van der Waals surface area contributed by atoms with E-state index in [1.54, 1.807) is 6.92 Å². The zero-order valence-electron chi connectivity index (χ0n) is 8.46. The minimum absolute atomic E-state index is 0.244. The molecule has 2 heterocycles. The first-order valence-electron chi connectivity index (χ1n) is 4.65. The van der Waals surface area contributed by atoms with Gasteiger partial charge >= 0.3 is 5.97 Å². The summed E-state index contributed by atoms with van der Waals surface area (Å²) in [6, 6.07) is 0. The Morgan fingerprint density at radius 3 is 3.06 bits per heavy atom. The molecule has 0 bridgehead atoms. The number of aliphatic carboxylic acids is 1. The van der Waals surface area contributed by atoms with Crippen LogP contribution in [0.4, 0.5) is 0 Å². The van der Waals surface area contributed by atoms with Crippen LogP contribution in [-0.2, 0) is 11.3 Å². The van der Waals surface area contributed by atoms with Gasteiger partial charge in [-0.1, -0.05) is 18.5 Å². The molecule has 2 rings (SSSR count). The molecule has 2 aromatic rings. The number of hydrogen-bond acceptors (Lipinski definition) is 4. The second-order valence-corrected chi connectivity index (χ2v) is 3.85. The maximum Gasteiger partial charge on any atom is 0.308 e. The van der Waals surface area contributed by atoms with E-state index < -0.39 is 11.9 Å². The molecule has 0 fully saturated rings. The predicted octanol–water partition coefficient (Wildman–Crippen LogP) is 1.20. The third-order valence-electron chi connectivity index (χ3n) is 2.18. The largest absolute Gasteiger partial charge is 0.481 e. The van der Waals surface area contributed by atoms with Gasteiger partial charge in [0.2, 0.25) is 0 Å². The lowest BCUT2D eigenvalue weighted by Crippen LogP contribution is -2.17. The summed E-state index contributed by atoms with van der Waals surface area (Å²) in [5.74, 6) is -1.41. The molecule has 0 aliphatic rings. The first-order chi connectivity index (χ1) is 7.58. The Hall–Kier alpha value is -1.69. The van der Waals surface area contributed by atoms with Crippen molar-refractivity contribution in [3.05, 3.63) is 17.5 Å². The Balaban J connectivity index is 2.37. The van der Waals surface area contributed by atoms with E-state index in [1.165, 1.54) is 17.1 Å². The van der Waals surface area contributed by atoms with Gasteiger partial charge < -0.3 is 5.11 Å². The molecule has 7 heteroatoms. The van der Waals surface area contributed by atoms with Crippen LogP contribution in [0.25, 0.3) is 11.2 Å². The average molecular weight is 241 g/mol. The molecule has 0 aliphatic heterocycles. The van der Waals surface area contributed by atoms with E-state index in [-0.39, 0.29) is 11.7 Å². The Bertz CT molecular complexity index is 539. The minimum atomic E-state index is -0.876. The molecule has 0 amide bonds. The van der Waals surface area contributed by atoms with Gasteiger partial charge in [0.05, 0.1) is 24.9 Å². The Morgan fingerprint density at radius 1 is 1.62 bits per heavy atom. The van der Waals surface area contributed by atoms with E-state index in [1.807, 2.05) is 0 Å². The molecule has 0 spiro atoms. The minimum Gasteiger partial charge on any atom is -0.481 e. The van der Waals surface area contributed by atoms with Crippen LogP contribution >= 0.6 is 11.6 Å². The summed E-state index contributed by atoms with van der Waals surface area (Å²) in [4.78, 5) is 18.8. The number of nitrogens with zero attached hydrogens (tertiary/aromatic N) is 4. The average Bonchev–Trinajstić information content (AvgIpc) is 2.61. The lowest BCUT2D eigenvalue weighted by atomic mass is 10.2. The quantitative estimate of drug-likeness (QED) is 0.872. The summed E-state index contributed by atoms with van der Waals surface area (Å²) in [5, 5.41) is 13.1. The highest BCUT2D eigenvalue weighted by atomic mass is 35.5. The first kappa shape index (κ1) is 10.8. The number of fused-ring (bicyclic) bond motifs is 1. The maximum absolute atomic E-state index is 10.7. The van der Waals surface area contributed by atoms with Crippen LogP contribution in [0, 0.1) is 5.92 Å². The summed E-state index contributed by atoms with van der Waals surface area (Å²) in [7, 11) is 0. The summed E-state index contributed by atoms with van der Waals surface area (Å²) < 4.78 is 1.49. The number of carboxylic acids is 1. The fourth-order valence-corrected chi connectivity index (χ4v) is 1.43. The highest BCUT2D eigenvalue weighted by molar-refractivity contribution is 6.29. The maximum atomic E-state index is 10.7. The molecule has 16 heavy (non-hydrogen) atoms. The smallest absolute Gasteiger partial charge is 0.308 e. The zero-order valence-corrected chi connectivity index (χ0v) is 9.22. The molecule has 0 saturated heterocycles. The van der Waals surface area contributed by atoms with Crippen LogP contribution < -0.4 is 0 Å². The molecular formula is C9H9ClN4O2. The van der Waals surface area contributed by atoms with Crippen molar-refractivity contribution in [1.82, 2.24) is 19.7 Å². The van der Waals surface area contributed by atoms with Gasteiger partial charge in [0.1, 0.15) is 10.7 Å². The number of carbonyl (C=O) groups is 1. The second-order valence-electron chi connectivity index (χ2n) is 3.47. The molecule has 0 unspecified atom stereocenters. The Labute approximate surface area is 95.9 Å². The van der Waals surface area contributed by atoms with Gasteiger partial charge in [0, 0.05) is 0 Å². The number of hydrogen-bond donors (Lipinski definition) is 1. The van der Waals surface area contributed by atoms with Crippen LogP contribution in [0.1, 0.15) is 6.92 Å². The Kier molecular flexibility index (Phi) is 2.74. The molecule has 84 valence electrons. The second kappa shape index (κ2) is 4.05. The third kappa shape index (κ3) is 1.96. The van der Waals surface area contributed by atoms with Crippen molar-refractivity contribution in [3.8, 4) is 0 Å². The highest BCUT2D eigenvalue weighted by Crippen LogP contribution is 2.13. The van der Waals surface area contributed by atoms with Crippen molar-refractivity contribution in [2.45, 2.75) is 13.5 Å². The van der Waals surface area contributed by atoms with Gasteiger partial charge in [0.15, 0.2) is 5.65 Å². The molecular weight excluding hydrogens is 232 g/mol. The van der Waals surface area contributed by atoms with Crippen LogP contribution in [0.5, 0.6) is 0 Å². The van der Waals surface area contributed by atoms with E-state index in [2.05, 4.69) is 15.1 Å². The number of carboxylic acid groups (broad SMARTS) is 1. The fourth-order valence-electron chi connectivity index (χ4n) is 1.30. The first-order valence-corrected chi connectivity index (χ1v) is 5.02. The van der Waals surface area contributed by atoms with Crippen LogP contribution in [0.3, 0.4) is 0 Å². The van der Waals surface area contributed by atoms with Gasteiger partial charge in [-0.05, 0) is 0 Å². The van der Waals surface area contributed by atoms with Crippen molar-refractivity contribution < 1.29 is 9.90 Å². The zero-order chi connectivity index (χ0) is 11.7. The third-order valence-corrected chi connectivity index (χ3v) is 2.37.